The maximum Gasteiger partial charge on any atom is 0.254 e. The van der Waals surface area contributed by atoms with Gasteiger partial charge in [-0.2, -0.15) is 0 Å². The number of nitrogens with one attached hydrogen (secondary N) is 1. The van der Waals surface area contributed by atoms with Gasteiger partial charge < -0.3 is 19.2 Å². The number of rotatable bonds is 6. The number of aromatic nitrogens is 1. The van der Waals surface area contributed by atoms with Gasteiger partial charge in [0.25, 0.3) is 5.91 Å². The monoisotopic (exact) mass is 399 g/mol. The summed E-state index contributed by atoms with van der Waals surface area (Å²) in [6, 6.07) is 5.88. The van der Waals surface area contributed by atoms with E-state index in [1.54, 1.807) is 12.5 Å². The van der Waals surface area contributed by atoms with E-state index >= 15 is 0 Å². The van der Waals surface area contributed by atoms with Crippen molar-refractivity contribution in [1.82, 2.24) is 15.2 Å². The fourth-order valence-electron chi connectivity index (χ4n) is 3.93. The van der Waals surface area contributed by atoms with Crippen molar-refractivity contribution in [3.8, 4) is 5.75 Å². The lowest BCUT2D eigenvalue weighted by molar-refractivity contribution is 0.0313. The lowest BCUT2D eigenvalue weighted by Gasteiger charge is -2.29. The molecule has 0 bridgehead atoms. The number of nitrogens with zero attached hydrogens (tertiary/aromatic N) is 2. The molecule has 7 nitrogen and oxygen atoms in total. The van der Waals surface area contributed by atoms with E-state index in [9.17, 15) is 4.79 Å². The van der Waals surface area contributed by atoms with Gasteiger partial charge in [0.2, 0.25) is 0 Å². The smallest absolute Gasteiger partial charge is 0.254 e. The van der Waals surface area contributed by atoms with Gasteiger partial charge in [-0.15, -0.1) is 0 Å². The van der Waals surface area contributed by atoms with Gasteiger partial charge in [0.15, 0.2) is 0 Å². The molecule has 3 heterocycles. The third-order valence-electron chi connectivity index (χ3n) is 5.66. The second-order valence-electron chi connectivity index (χ2n) is 7.84. The number of furan rings is 1. The molecule has 1 saturated carbocycles. The molecule has 0 aromatic carbocycles. The highest BCUT2D eigenvalue weighted by Crippen LogP contribution is 2.25. The molecule has 1 aliphatic carbocycles. The molecule has 2 aromatic rings. The number of aryl methyl sites for hydroxylation is 1. The Labute approximate surface area is 171 Å². The van der Waals surface area contributed by atoms with Gasteiger partial charge in [0, 0.05) is 25.3 Å². The predicted octanol–water partition coefficient (Wildman–Crippen LogP) is 2.94. The van der Waals surface area contributed by atoms with E-state index in [1.807, 2.05) is 25.1 Å². The summed E-state index contributed by atoms with van der Waals surface area (Å²) in [5.74, 6) is 1.61. The Bertz CT molecular complexity index is 808. The lowest BCUT2D eigenvalue weighted by Crippen LogP contribution is -2.39. The Morgan fingerprint density at radius 2 is 2.07 bits per heavy atom. The number of carbonyl (C=O) groups excluding carboxylic acids is 1. The first-order chi connectivity index (χ1) is 14.2. The van der Waals surface area contributed by atoms with E-state index in [2.05, 4.69) is 15.2 Å². The molecule has 2 fully saturated rings. The molecule has 0 spiro atoms. The average molecular weight is 399 g/mol. The first-order valence-corrected chi connectivity index (χ1v) is 10.4. The van der Waals surface area contributed by atoms with Gasteiger partial charge in [-0.05, 0) is 50.8 Å². The second-order valence-corrected chi connectivity index (χ2v) is 7.84. The number of hydrogen-bond donors (Lipinski definition) is 1. The van der Waals surface area contributed by atoms with Crippen molar-refractivity contribution in [3.05, 3.63) is 47.7 Å². The summed E-state index contributed by atoms with van der Waals surface area (Å²) >= 11 is 0. The van der Waals surface area contributed by atoms with Crippen molar-refractivity contribution in [2.24, 2.45) is 0 Å². The summed E-state index contributed by atoms with van der Waals surface area (Å²) < 4.78 is 17.1. The van der Waals surface area contributed by atoms with Gasteiger partial charge in [-0.3, -0.25) is 14.7 Å². The number of carbonyl (C=O) groups is 1. The van der Waals surface area contributed by atoms with Crippen LogP contribution in [0.25, 0.3) is 0 Å². The minimum absolute atomic E-state index is 0.0607. The molecule has 1 aliphatic heterocycles. The largest absolute Gasteiger partial charge is 0.489 e. The molecule has 1 amide bonds. The number of amides is 1. The SMILES string of the molecule is Cc1ncccc1OC1CCC(NC(=O)c2coc(CN3CCOCC3)c2)CC1. The molecule has 4 rings (SSSR count). The first kappa shape index (κ1) is 19.9. The third kappa shape index (κ3) is 5.36. The van der Waals surface area contributed by atoms with Crippen molar-refractivity contribution < 1.29 is 18.7 Å². The van der Waals surface area contributed by atoms with E-state index in [0.29, 0.717) is 12.1 Å². The molecular formula is C22H29N3O4. The van der Waals surface area contributed by atoms with Crippen LogP contribution in [0.15, 0.2) is 35.1 Å². The highest BCUT2D eigenvalue weighted by Gasteiger charge is 2.25. The number of hydrogen-bond acceptors (Lipinski definition) is 6. The van der Waals surface area contributed by atoms with Crippen LogP contribution in [0.2, 0.25) is 0 Å². The van der Waals surface area contributed by atoms with Gasteiger partial charge >= 0.3 is 0 Å². The van der Waals surface area contributed by atoms with E-state index in [1.165, 1.54) is 0 Å². The van der Waals surface area contributed by atoms with Crippen LogP contribution in [0.3, 0.4) is 0 Å². The zero-order valence-corrected chi connectivity index (χ0v) is 16.9. The van der Waals surface area contributed by atoms with E-state index in [0.717, 1.165) is 69.2 Å². The Kier molecular flexibility index (Phi) is 6.46. The zero-order chi connectivity index (χ0) is 20.1. The van der Waals surface area contributed by atoms with Crippen LogP contribution in [-0.4, -0.2) is 54.2 Å². The summed E-state index contributed by atoms with van der Waals surface area (Å²) in [4.78, 5) is 19.1. The van der Waals surface area contributed by atoms with Crippen molar-refractivity contribution in [2.45, 2.75) is 51.3 Å². The van der Waals surface area contributed by atoms with Crippen LogP contribution in [0, 0.1) is 6.92 Å². The van der Waals surface area contributed by atoms with Crippen molar-refractivity contribution in [3.63, 3.8) is 0 Å². The van der Waals surface area contributed by atoms with Crippen LogP contribution in [0.1, 0.15) is 47.5 Å². The standard InChI is InChI=1S/C22H29N3O4/c1-16-21(3-2-8-23-16)29-19-6-4-18(5-7-19)24-22(26)17-13-20(28-15-17)14-25-9-11-27-12-10-25/h2-3,8,13,15,18-19H,4-7,9-12,14H2,1H3,(H,24,26). The van der Waals surface area contributed by atoms with E-state index in [4.69, 9.17) is 13.9 Å². The van der Waals surface area contributed by atoms with Gasteiger partial charge in [-0.25, -0.2) is 0 Å². The molecule has 1 N–H and O–H groups in total. The molecule has 0 radical (unpaired) electrons. The molecule has 7 heteroatoms. The Morgan fingerprint density at radius 3 is 2.83 bits per heavy atom. The predicted molar refractivity (Wildman–Crippen MR) is 108 cm³/mol. The van der Waals surface area contributed by atoms with E-state index in [-0.39, 0.29) is 18.1 Å². The summed E-state index contributed by atoms with van der Waals surface area (Å²) in [5, 5.41) is 3.15. The van der Waals surface area contributed by atoms with Crippen LogP contribution in [0.4, 0.5) is 0 Å². The minimum Gasteiger partial charge on any atom is -0.489 e. The second kappa shape index (κ2) is 9.41. The number of ether oxygens (including phenoxy) is 2. The van der Waals surface area contributed by atoms with Crippen molar-refractivity contribution >= 4 is 5.91 Å². The highest BCUT2D eigenvalue weighted by molar-refractivity contribution is 5.94. The number of pyridine rings is 1. The molecule has 2 aromatic heterocycles. The van der Waals surface area contributed by atoms with Gasteiger partial charge in [-0.1, -0.05) is 0 Å². The van der Waals surface area contributed by atoms with Crippen molar-refractivity contribution in [2.75, 3.05) is 26.3 Å². The topological polar surface area (TPSA) is 76.8 Å². The summed E-state index contributed by atoms with van der Waals surface area (Å²) in [6.45, 7) is 5.96. The molecule has 29 heavy (non-hydrogen) atoms. The summed E-state index contributed by atoms with van der Waals surface area (Å²) in [5.41, 5.74) is 1.51. The summed E-state index contributed by atoms with van der Waals surface area (Å²) in [7, 11) is 0. The fraction of sp³-hybridized carbons (Fsp3) is 0.545. The van der Waals surface area contributed by atoms with Crippen LogP contribution >= 0.6 is 0 Å². The lowest BCUT2D eigenvalue weighted by atomic mass is 9.92. The van der Waals surface area contributed by atoms with Gasteiger partial charge in [0.1, 0.15) is 17.8 Å². The normalized spacial score (nSPS) is 22.9. The molecule has 1 saturated heterocycles. The Morgan fingerprint density at radius 1 is 1.28 bits per heavy atom. The van der Waals surface area contributed by atoms with Crippen LogP contribution in [-0.2, 0) is 11.3 Å². The average Bonchev–Trinajstić information content (AvgIpc) is 3.20. The Hall–Kier alpha value is -2.38. The van der Waals surface area contributed by atoms with Crippen LogP contribution < -0.4 is 10.1 Å². The first-order valence-electron chi connectivity index (χ1n) is 10.4. The summed E-state index contributed by atoms with van der Waals surface area (Å²) in [6.07, 6.45) is 7.18. The quantitative estimate of drug-likeness (QED) is 0.805. The minimum atomic E-state index is -0.0607. The molecule has 156 valence electrons. The highest BCUT2D eigenvalue weighted by atomic mass is 16.5. The van der Waals surface area contributed by atoms with Crippen molar-refractivity contribution in [1.29, 1.82) is 0 Å². The zero-order valence-electron chi connectivity index (χ0n) is 16.9. The van der Waals surface area contributed by atoms with Gasteiger partial charge in [0.05, 0.1) is 37.1 Å². The maximum absolute atomic E-state index is 12.6. The molecule has 2 aliphatic rings. The molecule has 0 atom stereocenters. The third-order valence-corrected chi connectivity index (χ3v) is 5.66. The van der Waals surface area contributed by atoms with Crippen LogP contribution in [0.5, 0.6) is 5.75 Å². The molecule has 0 unspecified atom stereocenters. The maximum atomic E-state index is 12.6. The fourth-order valence-corrected chi connectivity index (χ4v) is 3.93. The molecular weight excluding hydrogens is 370 g/mol. The van der Waals surface area contributed by atoms with E-state index < -0.39 is 0 Å². The number of morpholine rings is 1. The Balaban J connectivity index is 1.23.